The first kappa shape index (κ1) is 15.2. The highest BCUT2D eigenvalue weighted by Gasteiger charge is 2.29. The largest absolute Gasteiger partial charge is 0.379 e. The topological polar surface area (TPSA) is 59.5 Å². The molecule has 2 aromatic rings. The van der Waals surface area contributed by atoms with Gasteiger partial charge in [-0.3, -0.25) is 4.98 Å². The molecular weight excluding hydrogens is 380 g/mol. The number of aromatic nitrogens is 1. The summed E-state index contributed by atoms with van der Waals surface area (Å²) in [5.41, 5.74) is 0.657. The number of hydrogen-bond acceptors (Lipinski definition) is 4. The maximum Gasteiger partial charge on any atom is 0.246 e. The number of pyridine rings is 1. The summed E-state index contributed by atoms with van der Waals surface area (Å²) < 4.78 is 32.7. The molecule has 2 heterocycles. The number of hydrogen-bond donors (Lipinski definition) is 0. The van der Waals surface area contributed by atoms with Crippen molar-refractivity contribution in [2.24, 2.45) is 0 Å². The highest BCUT2D eigenvalue weighted by molar-refractivity contribution is 9.10. The summed E-state index contributed by atoms with van der Waals surface area (Å²) in [6, 6.07) is 5.39. The van der Waals surface area contributed by atoms with Gasteiger partial charge >= 0.3 is 0 Å². The average Bonchev–Trinajstić information content (AvgIpc) is 2.49. The van der Waals surface area contributed by atoms with Gasteiger partial charge < -0.3 is 4.74 Å². The summed E-state index contributed by atoms with van der Waals surface area (Å²) in [7, 11) is -3.65. The van der Waals surface area contributed by atoms with Gasteiger partial charge in [0.05, 0.1) is 23.8 Å². The van der Waals surface area contributed by atoms with E-state index in [0.717, 1.165) is 4.47 Å². The van der Waals surface area contributed by atoms with Crippen LogP contribution in [0.1, 0.15) is 0 Å². The molecule has 1 aliphatic heterocycles. The molecule has 0 unspecified atom stereocenters. The lowest BCUT2D eigenvalue weighted by Crippen LogP contribution is -2.40. The monoisotopic (exact) mass is 390 g/mol. The third kappa shape index (κ3) is 2.80. The first-order valence-electron chi connectivity index (χ1n) is 6.32. The SMILES string of the molecule is O=S(=O)(c1cnc2ccc(Br)cc2c1Cl)N1CCOCC1. The summed E-state index contributed by atoms with van der Waals surface area (Å²) in [5, 5.41) is 0.813. The van der Waals surface area contributed by atoms with Gasteiger partial charge in [0.1, 0.15) is 4.90 Å². The fourth-order valence-corrected chi connectivity index (χ4v) is 4.50. The third-order valence-electron chi connectivity index (χ3n) is 3.32. The Morgan fingerprint density at radius 3 is 2.71 bits per heavy atom. The number of fused-ring (bicyclic) bond motifs is 1. The zero-order chi connectivity index (χ0) is 15.0. The van der Waals surface area contributed by atoms with E-state index in [2.05, 4.69) is 20.9 Å². The van der Waals surface area contributed by atoms with Crippen molar-refractivity contribution in [1.29, 1.82) is 0 Å². The lowest BCUT2D eigenvalue weighted by atomic mass is 10.2. The Bertz CT molecular complexity index is 791. The first-order valence-corrected chi connectivity index (χ1v) is 8.93. The minimum absolute atomic E-state index is 0.0386. The molecule has 0 spiro atoms. The van der Waals surface area contributed by atoms with Crippen LogP contribution < -0.4 is 0 Å². The minimum Gasteiger partial charge on any atom is -0.379 e. The van der Waals surface area contributed by atoms with E-state index >= 15 is 0 Å². The van der Waals surface area contributed by atoms with Gasteiger partial charge in [0.15, 0.2) is 0 Å². The van der Waals surface area contributed by atoms with Crippen LogP contribution in [0.5, 0.6) is 0 Å². The summed E-state index contributed by atoms with van der Waals surface area (Å²) in [6.45, 7) is 1.44. The molecule has 21 heavy (non-hydrogen) atoms. The molecule has 0 aliphatic carbocycles. The van der Waals surface area contributed by atoms with E-state index in [4.69, 9.17) is 16.3 Å². The Morgan fingerprint density at radius 2 is 2.00 bits per heavy atom. The number of ether oxygens (including phenoxy) is 1. The number of morpholine rings is 1. The van der Waals surface area contributed by atoms with Crippen molar-refractivity contribution in [3.8, 4) is 0 Å². The molecule has 1 aliphatic rings. The van der Waals surface area contributed by atoms with E-state index < -0.39 is 10.0 Å². The third-order valence-corrected chi connectivity index (χ3v) is 6.24. The number of nitrogens with zero attached hydrogens (tertiary/aromatic N) is 2. The van der Waals surface area contributed by atoms with Crippen LogP contribution in [0.4, 0.5) is 0 Å². The minimum atomic E-state index is -3.65. The van der Waals surface area contributed by atoms with Crippen LogP contribution in [-0.2, 0) is 14.8 Å². The zero-order valence-electron chi connectivity index (χ0n) is 10.9. The van der Waals surface area contributed by atoms with E-state index in [9.17, 15) is 8.42 Å². The average molecular weight is 392 g/mol. The van der Waals surface area contributed by atoms with Crippen LogP contribution in [0.25, 0.3) is 10.9 Å². The van der Waals surface area contributed by atoms with Crippen molar-refractivity contribution in [1.82, 2.24) is 9.29 Å². The molecule has 0 saturated carbocycles. The molecule has 1 aromatic heterocycles. The van der Waals surface area contributed by atoms with E-state index in [1.54, 1.807) is 12.1 Å². The summed E-state index contributed by atoms with van der Waals surface area (Å²) in [6.07, 6.45) is 1.32. The number of benzene rings is 1. The van der Waals surface area contributed by atoms with Crippen molar-refractivity contribution < 1.29 is 13.2 Å². The molecule has 0 N–H and O–H groups in total. The second-order valence-corrected chi connectivity index (χ2v) is 7.81. The van der Waals surface area contributed by atoms with E-state index in [0.29, 0.717) is 37.2 Å². The Kier molecular flexibility index (Phi) is 4.20. The molecule has 1 fully saturated rings. The summed E-state index contributed by atoms with van der Waals surface area (Å²) in [4.78, 5) is 4.24. The molecule has 1 aromatic carbocycles. The normalized spacial score (nSPS) is 17.2. The second kappa shape index (κ2) is 5.81. The van der Waals surface area contributed by atoms with Gasteiger partial charge in [-0.15, -0.1) is 0 Å². The summed E-state index contributed by atoms with van der Waals surface area (Å²) in [5.74, 6) is 0. The lowest BCUT2D eigenvalue weighted by Gasteiger charge is -2.26. The van der Waals surface area contributed by atoms with Gasteiger partial charge in [-0.05, 0) is 18.2 Å². The highest BCUT2D eigenvalue weighted by atomic mass is 79.9. The second-order valence-electron chi connectivity index (χ2n) is 4.61. The van der Waals surface area contributed by atoms with E-state index in [1.165, 1.54) is 10.5 Å². The molecule has 112 valence electrons. The van der Waals surface area contributed by atoms with Gasteiger partial charge in [0.25, 0.3) is 0 Å². The molecule has 3 rings (SSSR count). The lowest BCUT2D eigenvalue weighted by molar-refractivity contribution is 0.0730. The zero-order valence-corrected chi connectivity index (χ0v) is 14.1. The van der Waals surface area contributed by atoms with E-state index in [1.807, 2.05) is 6.07 Å². The predicted molar refractivity (Wildman–Crippen MR) is 84.0 cm³/mol. The van der Waals surface area contributed by atoms with Crippen LogP contribution in [-0.4, -0.2) is 44.0 Å². The molecule has 0 amide bonds. The van der Waals surface area contributed by atoms with Crippen LogP contribution in [0.15, 0.2) is 33.8 Å². The van der Waals surface area contributed by atoms with Crippen molar-refractivity contribution in [2.75, 3.05) is 26.3 Å². The standard InChI is InChI=1S/C13H12BrClN2O3S/c14-9-1-2-11-10(7-9)13(15)12(8-16-11)21(18,19)17-3-5-20-6-4-17/h1-2,7-8H,3-6H2. The Morgan fingerprint density at radius 1 is 1.29 bits per heavy atom. The van der Waals surface area contributed by atoms with Crippen LogP contribution in [0.3, 0.4) is 0 Å². The number of halogens is 2. The predicted octanol–water partition coefficient (Wildman–Crippen LogP) is 2.67. The quantitative estimate of drug-likeness (QED) is 0.790. The Labute approximate surface area is 136 Å². The van der Waals surface area contributed by atoms with Gasteiger partial charge in [-0.1, -0.05) is 27.5 Å². The van der Waals surface area contributed by atoms with Gasteiger partial charge in [0.2, 0.25) is 10.0 Å². The van der Waals surface area contributed by atoms with Crippen molar-refractivity contribution in [3.05, 3.63) is 33.9 Å². The maximum absolute atomic E-state index is 12.7. The van der Waals surface area contributed by atoms with Crippen LogP contribution >= 0.6 is 27.5 Å². The van der Waals surface area contributed by atoms with Gasteiger partial charge in [-0.25, -0.2) is 8.42 Å². The molecule has 0 bridgehead atoms. The first-order chi connectivity index (χ1) is 10.00. The van der Waals surface area contributed by atoms with Crippen LogP contribution in [0, 0.1) is 0 Å². The van der Waals surface area contributed by atoms with Gasteiger partial charge in [0, 0.05) is 29.1 Å². The number of sulfonamides is 1. The number of rotatable bonds is 2. The molecular formula is C13H12BrClN2O3S. The molecule has 0 atom stereocenters. The molecule has 8 heteroatoms. The Balaban J connectivity index is 2.13. The molecule has 5 nitrogen and oxygen atoms in total. The molecule has 0 radical (unpaired) electrons. The van der Waals surface area contributed by atoms with Crippen molar-refractivity contribution >= 4 is 48.5 Å². The Hall–Kier alpha value is -0.730. The smallest absolute Gasteiger partial charge is 0.246 e. The van der Waals surface area contributed by atoms with E-state index in [-0.39, 0.29) is 9.92 Å². The maximum atomic E-state index is 12.7. The van der Waals surface area contributed by atoms with Crippen LogP contribution in [0.2, 0.25) is 5.02 Å². The van der Waals surface area contributed by atoms with Crippen molar-refractivity contribution in [2.45, 2.75) is 4.90 Å². The summed E-state index contributed by atoms with van der Waals surface area (Å²) >= 11 is 9.67. The van der Waals surface area contributed by atoms with Crippen molar-refractivity contribution in [3.63, 3.8) is 0 Å². The fourth-order valence-electron chi connectivity index (χ4n) is 2.22. The van der Waals surface area contributed by atoms with Gasteiger partial charge in [-0.2, -0.15) is 4.31 Å². The molecule has 1 saturated heterocycles. The fraction of sp³-hybridized carbons (Fsp3) is 0.308. The highest BCUT2D eigenvalue weighted by Crippen LogP contribution is 2.32.